The van der Waals surface area contributed by atoms with Crippen LogP contribution in [0.25, 0.3) is 0 Å². The van der Waals surface area contributed by atoms with Gasteiger partial charge in [0.1, 0.15) is 6.04 Å². The summed E-state index contributed by atoms with van der Waals surface area (Å²) in [5, 5.41) is 4.98. The second-order valence-electron chi connectivity index (χ2n) is 3.53. The Labute approximate surface area is 109 Å². The van der Waals surface area contributed by atoms with Crippen LogP contribution in [0.1, 0.15) is 20.3 Å². The van der Waals surface area contributed by atoms with Gasteiger partial charge in [0.25, 0.3) is 0 Å². The molecule has 0 spiro atoms. The number of amides is 1. The number of nitrogens with two attached hydrogens (primary N) is 1. The lowest BCUT2D eigenvalue weighted by Gasteiger charge is -2.09. The molecule has 0 saturated carbocycles. The van der Waals surface area contributed by atoms with E-state index >= 15 is 0 Å². The fourth-order valence-electron chi connectivity index (χ4n) is 0.868. The van der Waals surface area contributed by atoms with Crippen LogP contribution >= 0.6 is 0 Å². The number of carbonyl (C=O) groups excluding carboxylic acids is 1. The summed E-state index contributed by atoms with van der Waals surface area (Å²) < 4.78 is 31.0. The zero-order chi connectivity index (χ0) is 14.6. The van der Waals surface area contributed by atoms with E-state index in [1.54, 1.807) is 0 Å². The third-order valence-electron chi connectivity index (χ3n) is 1.85. The van der Waals surface area contributed by atoms with E-state index in [0.717, 1.165) is 13.7 Å². The van der Waals surface area contributed by atoms with Crippen LogP contribution in [0, 0.1) is 0 Å². The molecule has 0 bridgehead atoms. The van der Waals surface area contributed by atoms with Crippen LogP contribution < -0.4 is 10.6 Å². The maximum absolute atomic E-state index is 10.7. The minimum absolute atomic E-state index is 0.0910. The highest BCUT2D eigenvalue weighted by Crippen LogP contribution is 1.74. The molecule has 0 heterocycles. The Morgan fingerprint density at radius 2 is 2.11 bits per heavy atom. The van der Waals surface area contributed by atoms with Gasteiger partial charge in [-0.05, 0) is 19.4 Å². The molecule has 1 unspecified atom stereocenters. The first-order valence-corrected chi connectivity index (χ1v) is 6.85. The van der Waals surface area contributed by atoms with E-state index in [2.05, 4.69) is 35.2 Å². The van der Waals surface area contributed by atoms with Crippen molar-refractivity contribution in [3.05, 3.63) is 12.7 Å². The van der Waals surface area contributed by atoms with Crippen molar-refractivity contribution in [1.29, 1.82) is 0 Å². The fraction of sp³-hybridized carbons (Fsp3) is 0.700. The standard InChI is InChI=1S/C9H18N2O.CH4O4S/c1-4-6-10-8(3)7-11-9(12)5-2;1-5-6(2,3)4/h5,8,10H,2,4,6-7H2,1,3H3,(H,11,12);1H3,(H,2,3,4). The van der Waals surface area contributed by atoms with E-state index in [1.165, 1.54) is 12.5 Å². The number of hydrogen-bond donors (Lipinski definition) is 2. The SMILES string of the molecule is C=CC(=O)NCC(C)[NH2+]CCC.COS(=O)(=O)[O-]. The maximum atomic E-state index is 10.7. The molecule has 0 aliphatic heterocycles. The number of rotatable bonds is 7. The first-order chi connectivity index (χ1) is 8.26. The minimum atomic E-state index is -4.41. The first kappa shape index (κ1) is 19.4. The Kier molecular flexibility index (Phi) is 12.0. The smallest absolute Gasteiger partial charge is 0.243 e. The Hall–Kier alpha value is -0.960. The predicted molar refractivity (Wildman–Crippen MR) is 66.5 cm³/mol. The molecule has 0 fully saturated rings. The highest BCUT2D eigenvalue weighted by atomic mass is 32.3. The van der Waals surface area contributed by atoms with Gasteiger partial charge in [-0.25, -0.2) is 8.42 Å². The summed E-state index contributed by atoms with van der Waals surface area (Å²) in [4.78, 5) is 10.7. The van der Waals surface area contributed by atoms with Gasteiger partial charge in [0.05, 0.1) is 20.2 Å². The lowest BCUT2D eigenvalue weighted by molar-refractivity contribution is -0.684. The minimum Gasteiger partial charge on any atom is -0.726 e. The monoisotopic (exact) mass is 282 g/mol. The topological polar surface area (TPSA) is 112 Å². The van der Waals surface area contributed by atoms with Crippen LogP contribution in [0.15, 0.2) is 12.7 Å². The van der Waals surface area contributed by atoms with Crippen LogP contribution in [0.3, 0.4) is 0 Å². The van der Waals surface area contributed by atoms with Crippen molar-refractivity contribution in [1.82, 2.24) is 5.32 Å². The molecule has 1 amide bonds. The summed E-state index contributed by atoms with van der Waals surface area (Å²) in [5.41, 5.74) is 0. The second kappa shape index (κ2) is 11.1. The van der Waals surface area contributed by atoms with Gasteiger partial charge in [0.2, 0.25) is 16.3 Å². The zero-order valence-electron chi connectivity index (χ0n) is 11.0. The molecule has 0 aromatic heterocycles. The van der Waals surface area contributed by atoms with E-state index < -0.39 is 10.4 Å². The van der Waals surface area contributed by atoms with Gasteiger partial charge < -0.3 is 15.2 Å². The number of quaternary nitrogens is 1. The first-order valence-electron chi connectivity index (χ1n) is 5.51. The molecule has 0 saturated heterocycles. The Morgan fingerprint density at radius 3 is 2.44 bits per heavy atom. The quantitative estimate of drug-likeness (QED) is 0.344. The lowest BCUT2D eigenvalue weighted by Crippen LogP contribution is -2.90. The Bertz CT molecular complexity index is 329. The van der Waals surface area contributed by atoms with Gasteiger partial charge in [-0.1, -0.05) is 13.5 Å². The molecule has 0 aliphatic carbocycles. The Morgan fingerprint density at radius 1 is 1.61 bits per heavy atom. The van der Waals surface area contributed by atoms with Crippen molar-refractivity contribution >= 4 is 16.3 Å². The third-order valence-corrected chi connectivity index (χ3v) is 2.25. The molecule has 0 aromatic carbocycles. The van der Waals surface area contributed by atoms with E-state index in [0.29, 0.717) is 12.6 Å². The summed E-state index contributed by atoms with van der Waals surface area (Å²) in [6.45, 7) is 9.45. The van der Waals surface area contributed by atoms with Crippen molar-refractivity contribution in [3.63, 3.8) is 0 Å². The van der Waals surface area contributed by atoms with E-state index in [-0.39, 0.29) is 5.91 Å². The molecule has 7 nitrogen and oxygen atoms in total. The molecule has 1 atom stereocenters. The third kappa shape index (κ3) is 17.4. The summed E-state index contributed by atoms with van der Waals surface area (Å²) in [5.74, 6) is -0.0910. The van der Waals surface area contributed by atoms with Crippen molar-refractivity contribution in [2.24, 2.45) is 0 Å². The van der Waals surface area contributed by atoms with Crippen LogP contribution in [0.4, 0.5) is 0 Å². The van der Waals surface area contributed by atoms with Gasteiger partial charge >= 0.3 is 0 Å². The van der Waals surface area contributed by atoms with Gasteiger partial charge in [0.15, 0.2) is 0 Å². The van der Waals surface area contributed by atoms with Crippen LogP contribution in [-0.4, -0.2) is 45.1 Å². The summed E-state index contributed by atoms with van der Waals surface area (Å²) in [6, 6.07) is 0.453. The number of hydrogen-bond acceptors (Lipinski definition) is 5. The molecular weight excluding hydrogens is 260 g/mol. The van der Waals surface area contributed by atoms with Crippen molar-refractivity contribution in [2.45, 2.75) is 26.3 Å². The van der Waals surface area contributed by atoms with Crippen LogP contribution in [-0.2, 0) is 19.4 Å². The van der Waals surface area contributed by atoms with E-state index in [1.807, 2.05) is 0 Å². The Balaban J connectivity index is 0. The van der Waals surface area contributed by atoms with Crippen LogP contribution in [0.5, 0.6) is 0 Å². The summed E-state index contributed by atoms with van der Waals surface area (Å²) in [7, 11) is -3.60. The molecule has 0 rings (SSSR count). The summed E-state index contributed by atoms with van der Waals surface area (Å²) >= 11 is 0. The summed E-state index contributed by atoms with van der Waals surface area (Å²) in [6.07, 6.45) is 2.46. The van der Waals surface area contributed by atoms with Crippen molar-refractivity contribution in [3.8, 4) is 0 Å². The molecule has 3 N–H and O–H groups in total. The van der Waals surface area contributed by atoms with Crippen molar-refractivity contribution < 1.29 is 27.3 Å². The van der Waals surface area contributed by atoms with Gasteiger partial charge in [-0.3, -0.25) is 8.98 Å². The molecule has 8 heteroatoms. The highest BCUT2D eigenvalue weighted by molar-refractivity contribution is 7.80. The second-order valence-corrected chi connectivity index (χ2v) is 4.68. The van der Waals surface area contributed by atoms with Crippen molar-refractivity contribution in [2.75, 3.05) is 20.2 Å². The normalized spacial score (nSPS) is 12.0. The van der Waals surface area contributed by atoms with Gasteiger partial charge in [-0.2, -0.15) is 0 Å². The number of nitrogens with one attached hydrogen (secondary N) is 1. The molecule has 0 aliphatic rings. The molecule has 108 valence electrons. The molecule has 0 aromatic rings. The van der Waals surface area contributed by atoms with E-state index in [4.69, 9.17) is 0 Å². The zero-order valence-corrected chi connectivity index (χ0v) is 11.8. The maximum Gasteiger partial charge on any atom is 0.243 e. The molecule has 18 heavy (non-hydrogen) atoms. The highest BCUT2D eigenvalue weighted by Gasteiger charge is 2.03. The average Bonchev–Trinajstić information content (AvgIpc) is 2.33. The van der Waals surface area contributed by atoms with E-state index in [9.17, 15) is 17.8 Å². The van der Waals surface area contributed by atoms with Crippen LogP contribution in [0.2, 0.25) is 0 Å². The van der Waals surface area contributed by atoms with Gasteiger partial charge in [-0.15, -0.1) is 0 Å². The average molecular weight is 282 g/mol. The molecule has 0 radical (unpaired) electrons. The number of carbonyl (C=O) groups is 1. The lowest BCUT2D eigenvalue weighted by atomic mass is 10.3. The largest absolute Gasteiger partial charge is 0.726 e. The fourth-order valence-corrected chi connectivity index (χ4v) is 0.868. The van der Waals surface area contributed by atoms with Gasteiger partial charge in [0, 0.05) is 0 Å². The predicted octanol–water partition coefficient (Wildman–Crippen LogP) is -1.26. The molecular formula is C10H22N2O5S.